The minimum absolute atomic E-state index is 0.129. The van der Waals surface area contributed by atoms with Crippen LogP contribution >= 0.6 is 0 Å². The largest absolute Gasteiger partial charge is 0.493 e. The monoisotopic (exact) mass is 439 g/mol. The summed E-state index contributed by atoms with van der Waals surface area (Å²) in [6, 6.07) is 5.49. The van der Waals surface area contributed by atoms with Gasteiger partial charge in [-0.25, -0.2) is 0 Å². The van der Waals surface area contributed by atoms with Gasteiger partial charge in [0.05, 0.1) is 19.7 Å². The molecule has 0 saturated carbocycles. The molecule has 2 rings (SSSR count). The number of ether oxygens (including phenoxy) is 2. The molecule has 0 atom stereocenters. The zero-order valence-electron chi connectivity index (χ0n) is 17.3. The normalized spacial score (nSPS) is 10.7. The number of fused-ring (bicyclic) bond motifs is 1. The number of nitrogens with one attached hydrogen (secondary N) is 1. The van der Waals surface area contributed by atoms with Crippen molar-refractivity contribution in [3.8, 4) is 11.5 Å². The molecule has 0 spiro atoms. The van der Waals surface area contributed by atoms with E-state index in [1.165, 1.54) is 0 Å². The van der Waals surface area contributed by atoms with Crippen LogP contribution in [0.3, 0.4) is 0 Å². The van der Waals surface area contributed by atoms with E-state index in [9.17, 15) is 20.2 Å². The van der Waals surface area contributed by atoms with E-state index >= 15 is 0 Å². The molecule has 1 aromatic heterocycles. The third kappa shape index (κ3) is 7.62. The molecule has 0 unspecified atom stereocenters. The first kappa shape index (κ1) is 23.7. The lowest BCUT2D eigenvalue weighted by Crippen LogP contribution is -2.33. The van der Waals surface area contributed by atoms with Crippen molar-refractivity contribution in [3.05, 3.63) is 44.6 Å². The molecule has 31 heavy (non-hydrogen) atoms. The van der Waals surface area contributed by atoms with Crippen molar-refractivity contribution in [2.75, 3.05) is 58.9 Å². The van der Waals surface area contributed by atoms with Crippen LogP contribution in [0, 0.1) is 20.2 Å². The summed E-state index contributed by atoms with van der Waals surface area (Å²) >= 11 is 0. The molecule has 0 bridgehead atoms. The number of benzene rings is 1. The van der Waals surface area contributed by atoms with Gasteiger partial charge in [0.1, 0.15) is 13.2 Å². The van der Waals surface area contributed by atoms with E-state index < -0.39 is 10.2 Å². The van der Waals surface area contributed by atoms with E-state index in [0.29, 0.717) is 31.0 Å². The summed E-state index contributed by atoms with van der Waals surface area (Å²) in [6.45, 7) is 1.37. The molecular formula is C18H25N5O8. The van der Waals surface area contributed by atoms with Gasteiger partial charge in [-0.1, -0.05) is 0 Å². The fourth-order valence-corrected chi connectivity index (χ4v) is 2.98. The Hall–Kier alpha value is -3.61. The maximum Gasteiger partial charge on any atom is 0.294 e. The zero-order valence-corrected chi connectivity index (χ0v) is 17.3. The predicted molar refractivity (Wildman–Crippen MR) is 110 cm³/mol. The van der Waals surface area contributed by atoms with Gasteiger partial charge < -0.3 is 24.5 Å². The summed E-state index contributed by atoms with van der Waals surface area (Å²) in [6.07, 6.45) is 2.36. The van der Waals surface area contributed by atoms with Gasteiger partial charge in [-0.15, -0.1) is 20.2 Å². The molecular weight excluding hydrogens is 414 g/mol. The Morgan fingerprint density at radius 1 is 1.00 bits per heavy atom. The van der Waals surface area contributed by atoms with Gasteiger partial charge in [0.25, 0.3) is 10.2 Å². The van der Waals surface area contributed by atoms with Gasteiger partial charge in [0.15, 0.2) is 11.5 Å². The molecule has 1 N–H and O–H groups in total. The second kappa shape index (κ2) is 12.2. The van der Waals surface area contributed by atoms with Crippen molar-refractivity contribution in [1.29, 1.82) is 0 Å². The molecule has 0 fully saturated rings. The molecule has 0 saturated heterocycles. The third-order valence-electron chi connectivity index (χ3n) is 4.42. The minimum Gasteiger partial charge on any atom is -0.493 e. The Labute approximate surface area is 178 Å². The number of hydrogen-bond donors (Lipinski definition) is 1. The quantitative estimate of drug-likeness (QED) is 0.245. The Bertz CT molecular complexity index is 861. The molecule has 13 nitrogen and oxygen atoms in total. The van der Waals surface area contributed by atoms with Crippen LogP contribution in [0.4, 0.5) is 5.69 Å². The predicted octanol–water partition coefficient (Wildman–Crippen LogP) is 1.77. The standard InChI is InChI=1S/C18H25N5O8/c1-28-17-12-14-15(4-6-20-16(14)13-18(17)29-2)19-5-3-7-21(8-10-30-22(24)25)9-11-31-23(26)27/h4,6,12-13H,3,5,7-11H2,1-2H3,(H,19,20). The fourth-order valence-electron chi connectivity index (χ4n) is 2.98. The number of aromatic nitrogens is 1. The number of hydrogen-bond acceptors (Lipinski definition) is 11. The summed E-state index contributed by atoms with van der Waals surface area (Å²) < 4.78 is 10.7. The summed E-state index contributed by atoms with van der Waals surface area (Å²) in [5.74, 6) is 1.18. The van der Waals surface area contributed by atoms with Crippen LogP contribution in [0.25, 0.3) is 10.9 Å². The van der Waals surface area contributed by atoms with Crippen LogP contribution in [0.5, 0.6) is 11.5 Å². The first-order valence-electron chi connectivity index (χ1n) is 9.46. The number of anilines is 1. The summed E-state index contributed by atoms with van der Waals surface area (Å²) in [4.78, 5) is 35.4. The number of nitrogens with zero attached hydrogens (tertiary/aromatic N) is 4. The van der Waals surface area contributed by atoms with E-state index in [0.717, 1.165) is 16.6 Å². The van der Waals surface area contributed by atoms with E-state index in [-0.39, 0.29) is 26.3 Å². The summed E-state index contributed by atoms with van der Waals surface area (Å²) in [5.41, 5.74) is 1.61. The van der Waals surface area contributed by atoms with Gasteiger partial charge in [-0.2, -0.15) is 0 Å². The molecule has 0 aliphatic carbocycles. The molecule has 0 aliphatic heterocycles. The highest BCUT2D eigenvalue weighted by Crippen LogP contribution is 2.34. The Balaban J connectivity index is 1.93. The lowest BCUT2D eigenvalue weighted by molar-refractivity contribution is -0.758. The minimum atomic E-state index is -0.870. The van der Waals surface area contributed by atoms with E-state index in [2.05, 4.69) is 20.0 Å². The van der Waals surface area contributed by atoms with Gasteiger partial charge in [0.2, 0.25) is 0 Å². The number of rotatable bonds is 15. The smallest absolute Gasteiger partial charge is 0.294 e. The summed E-state index contributed by atoms with van der Waals surface area (Å²) in [7, 11) is 3.12. The Morgan fingerprint density at radius 2 is 1.61 bits per heavy atom. The first-order valence-corrected chi connectivity index (χ1v) is 9.46. The maximum absolute atomic E-state index is 10.3. The van der Waals surface area contributed by atoms with E-state index in [1.807, 2.05) is 12.1 Å². The van der Waals surface area contributed by atoms with Crippen molar-refractivity contribution < 1.29 is 29.3 Å². The average Bonchev–Trinajstić information content (AvgIpc) is 2.74. The highest BCUT2D eigenvalue weighted by Gasteiger charge is 2.11. The molecule has 2 aromatic rings. The van der Waals surface area contributed by atoms with E-state index in [4.69, 9.17) is 9.47 Å². The molecule has 1 aromatic carbocycles. The average molecular weight is 439 g/mol. The molecule has 1 heterocycles. The van der Waals surface area contributed by atoms with Crippen molar-refractivity contribution >= 4 is 16.6 Å². The van der Waals surface area contributed by atoms with Crippen molar-refractivity contribution in [1.82, 2.24) is 9.88 Å². The topological polar surface area (TPSA) is 151 Å². The van der Waals surface area contributed by atoms with Crippen molar-refractivity contribution in [2.45, 2.75) is 6.42 Å². The lowest BCUT2D eigenvalue weighted by Gasteiger charge is -2.21. The lowest BCUT2D eigenvalue weighted by atomic mass is 10.1. The fraction of sp³-hybridized carbons (Fsp3) is 0.500. The first-order chi connectivity index (χ1) is 14.9. The molecule has 0 radical (unpaired) electrons. The molecule has 170 valence electrons. The Morgan fingerprint density at radius 3 is 2.19 bits per heavy atom. The van der Waals surface area contributed by atoms with Gasteiger partial charge in [-0.05, 0) is 25.1 Å². The van der Waals surface area contributed by atoms with Crippen LogP contribution in [0.1, 0.15) is 6.42 Å². The van der Waals surface area contributed by atoms with Gasteiger partial charge in [0, 0.05) is 43.0 Å². The van der Waals surface area contributed by atoms with Crippen LogP contribution in [-0.2, 0) is 9.68 Å². The highest BCUT2D eigenvalue weighted by molar-refractivity contribution is 5.93. The second-order valence-corrected chi connectivity index (χ2v) is 6.32. The maximum atomic E-state index is 10.3. The molecule has 0 amide bonds. The van der Waals surface area contributed by atoms with Crippen LogP contribution in [0.2, 0.25) is 0 Å². The van der Waals surface area contributed by atoms with E-state index in [1.54, 1.807) is 31.4 Å². The van der Waals surface area contributed by atoms with Crippen molar-refractivity contribution in [2.24, 2.45) is 0 Å². The van der Waals surface area contributed by atoms with Crippen molar-refractivity contribution in [3.63, 3.8) is 0 Å². The second-order valence-electron chi connectivity index (χ2n) is 6.32. The molecule has 13 heteroatoms. The third-order valence-corrected chi connectivity index (χ3v) is 4.42. The molecule has 0 aliphatic rings. The van der Waals surface area contributed by atoms with Crippen LogP contribution in [-0.4, -0.2) is 73.7 Å². The highest BCUT2D eigenvalue weighted by atomic mass is 17.0. The number of pyridine rings is 1. The Kier molecular flexibility index (Phi) is 9.29. The van der Waals surface area contributed by atoms with Crippen LogP contribution in [0.15, 0.2) is 24.4 Å². The van der Waals surface area contributed by atoms with Crippen LogP contribution < -0.4 is 14.8 Å². The van der Waals surface area contributed by atoms with Gasteiger partial charge in [-0.3, -0.25) is 9.88 Å². The number of methoxy groups -OCH3 is 2. The zero-order chi connectivity index (χ0) is 22.6. The van der Waals surface area contributed by atoms with Gasteiger partial charge >= 0.3 is 0 Å². The summed E-state index contributed by atoms with van der Waals surface area (Å²) in [5, 5.41) is 23.1. The SMILES string of the molecule is COc1cc2nccc(NCCCN(CCO[N+](=O)[O-])CCO[N+](=O)[O-])c2cc1OC.